The highest BCUT2D eigenvalue weighted by atomic mass is 32.1. The molecule has 0 N–H and O–H groups in total. The zero-order valence-corrected chi connectivity index (χ0v) is 18.1. The van der Waals surface area contributed by atoms with Gasteiger partial charge in [-0.2, -0.15) is 0 Å². The molecule has 0 unspecified atom stereocenters. The summed E-state index contributed by atoms with van der Waals surface area (Å²) in [5.41, 5.74) is 4.25. The fraction of sp³-hybridized carbons (Fsp3) is 0.111. The number of thiazole rings is 1. The minimum atomic E-state index is 0.0518. The molecule has 31 heavy (non-hydrogen) atoms. The molecule has 152 valence electrons. The lowest BCUT2D eigenvalue weighted by atomic mass is 10.0. The zero-order chi connectivity index (χ0) is 21.2. The maximum atomic E-state index is 13.6. The van der Waals surface area contributed by atoms with Gasteiger partial charge in [-0.05, 0) is 46.5 Å². The quantitative estimate of drug-likeness (QED) is 0.322. The lowest BCUT2D eigenvalue weighted by Gasteiger charge is -2.20. The van der Waals surface area contributed by atoms with E-state index in [1.165, 1.54) is 5.56 Å². The van der Waals surface area contributed by atoms with Crippen LogP contribution in [0.1, 0.15) is 16.7 Å². The van der Waals surface area contributed by atoms with E-state index in [1.54, 1.807) is 11.3 Å². The van der Waals surface area contributed by atoms with Gasteiger partial charge in [0.15, 0.2) is 5.13 Å². The van der Waals surface area contributed by atoms with Crippen molar-refractivity contribution in [2.75, 3.05) is 4.90 Å². The Hall–Kier alpha value is -3.50. The second kappa shape index (κ2) is 8.32. The Balaban J connectivity index is 1.53. The molecule has 5 aromatic rings. The van der Waals surface area contributed by atoms with Crippen molar-refractivity contribution in [3.63, 3.8) is 0 Å². The average molecular weight is 423 g/mol. The van der Waals surface area contributed by atoms with E-state index >= 15 is 0 Å². The Kier molecular flexibility index (Phi) is 5.23. The van der Waals surface area contributed by atoms with Crippen LogP contribution in [0.4, 0.5) is 5.13 Å². The molecule has 0 fully saturated rings. The largest absolute Gasteiger partial charge is 0.283 e. The van der Waals surface area contributed by atoms with E-state index in [1.807, 2.05) is 53.4 Å². The summed E-state index contributed by atoms with van der Waals surface area (Å²) in [6, 6.07) is 30.7. The molecule has 1 aromatic heterocycles. The third-order valence-corrected chi connectivity index (χ3v) is 6.51. The lowest BCUT2D eigenvalue weighted by Crippen LogP contribution is -2.31. The van der Waals surface area contributed by atoms with E-state index in [9.17, 15) is 4.79 Å². The van der Waals surface area contributed by atoms with Crippen LogP contribution < -0.4 is 4.90 Å². The molecule has 4 heteroatoms. The van der Waals surface area contributed by atoms with E-state index < -0.39 is 0 Å². The zero-order valence-electron chi connectivity index (χ0n) is 17.3. The van der Waals surface area contributed by atoms with Gasteiger partial charge < -0.3 is 0 Å². The highest BCUT2D eigenvalue weighted by molar-refractivity contribution is 7.22. The maximum Gasteiger partial charge on any atom is 0.233 e. The Bertz CT molecular complexity index is 1370. The molecule has 1 heterocycles. The van der Waals surface area contributed by atoms with Crippen LogP contribution >= 0.6 is 11.3 Å². The summed E-state index contributed by atoms with van der Waals surface area (Å²) in [6.45, 7) is 2.58. The molecular formula is C27H22N2OS. The number of carbonyl (C=O) groups excluding carboxylic acids is 1. The lowest BCUT2D eigenvalue weighted by molar-refractivity contribution is -0.118. The fourth-order valence-electron chi connectivity index (χ4n) is 3.87. The molecular weight excluding hydrogens is 400 g/mol. The van der Waals surface area contributed by atoms with Gasteiger partial charge in [-0.25, -0.2) is 4.98 Å². The molecule has 0 spiro atoms. The standard InChI is InChI=1S/C27H22N2OS/c1-19-14-15-24-25(16-19)31-27(28-24)29(18-20-8-3-2-4-9-20)26(30)17-22-12-7-11-21-10-5-6-13-23(21)22/h2-16H,17-18H2,1H3. The summed E-state index contributed by atoms with van der Waals surface area (Å²) >= 11 is 1.58. The van der Waals surface area contributed by atoms with Crippen LogP contribution in [0.5, 0.6) is 0 Å². The van der Waals surface area contributed by atoms with Crippen molar-refractivity contribution in [3.05, 3.63) is 108 Å². The monoisotopic (exact) mass is 422 g/mol. The van der Waals surface area contributed by atoms with Crippen molar-refractivity contribution in [2.24, 2.45) is 0 Å². The first-order chi connectivity index (χ1) is 15.2. The predicted molar refractivity (Wildman–Crippen MR) is 130 cm³/mol. The Morgan fingerprint density at radius 3 is 2.55 bits per heavy atom. The molecule has 1 amide bonds. The van der Waals surface area contributed by atoms with E-state index in [2.05, 4.69) is 49.4 Å². The van der Waals surface area contributed by atoms with E-state index in [4.69, 9.17) is 4.98 Å². The van der Waals surface area contributed by atoms with Gasteiger partial charge in [0.1, 0.15) is 0 Å². The van der Waals surface area contributed by atoms with Gasteiger partial charge in [0.2, 0.25) is 5.91 Å². The van der Waals surface area contributed by atoms with Crippen molar-refractivity contribution < 1.29 is 4.79 Å². The van der Waals surface area contributed by atoms with Gasteiger partial charge in [-0.1, -0.05) is 90.2 Å². The Labute approximate surface area is 185 Å². The third-order valence-electron chi connectivity index (χ3n) is 5.47. The van der Waals surface area contributed by atoms with Gasteiger partial charge in [-0.3, -0.25) is 9.69 Å². The topological polar surface area (TPSA) is 33.2 Å². The van der Waals surface area contributed by atoms with E-state index in [0.29, 0.717) is 13.0 Å². The Morgan fingerprint density at radius 1 is 0.903 bits per heavy atom. The first kappa shape index (κ1) is 19.5. The number of hydrogen-bond donors (Lipinski definition) is 0. The smallest absolute Gasteiger partial charge is 0.233 e. The highest BCUT2D eigenvalue weighted by Gasteiger charge is 2.21. The molecule has 0 atom stereocenters. The van der Waals surface area contributed by atoms with Crippen molar-refractivity contribution >= 4 is 43.4 Å². The van der Waals surface area contributed by atoms with Crippen LogP contribution in [-0.2, 0) is 17.8 Å². The summed E-state index contributed by atoms with van der Waals surface area (Å²) in [5, 5.41) is 3.02. The van der Waals surface area contributed by atoms with E-state index in [0.717, 1.165) is 37.2 Å². The fourth-order valence-corrected chi connectivity index (χ4v) is 4.95. The van der Waals surface area contributed by atoms with Crippen LogP contribution in [0, 0.1) is 6.92 Å². The van der Waals surface area contributed by atoms with Crippen LogP contribution in [0.2, 0.25) is 0 Å². The number of anilines is 1. The molecule has 0 bridgehead atoms. The minimum Gasteiger partial charge on any atom is -0.283 e. The van der Waals surface area contributed by atoms with Gasteiger partial charge in [0.25, 0.3) is 0 Å². The number of aryl methyl sites for hydroxylation is 1. The second-order valence-electron chi connectivity index (χ2n) is 7.75. The van der Waals surface area contributed by atoms with Crippen molar-refractivity contribution in [2.45, 2.75) is 19.9 Å². The summed E-state index contributed by atoms with van der Waals surface area (Å²) in [7, 11) is 0. The normalized spacial score (nSPS) is 11.1. The second-order valence-corrected chi connectivity index (χ2v) is 8.76. The number of carbonyl (C=O) groups is 1. The molecule has 0 saturated heterocycles. The number of benzene rings is 4. The van der Waals surface area contributed by atoms with E-state index in [-0.39, 0.29) is 5.91 Å². The van der Waals surface area contributed by atoms with Crippen LogP contribution in [0.3, 0.4) is 0 Å². The third kappa shape index (κ3) is 4.07. The van der Waals surface area contributed by atoms with Crippen LogP contribution in [0.25, 0.3) is 21.0 Å². The van der Waals surface area contributed by atoms with Gasteiger partial charge in [-0.15, -0.1) is 0 Å². The number of rotatable bonds is 5. The van der Waals surface area contributed by atoms with Crippen molar-refractivity contribution in [3.8, 4) is 0 Å². The molecule has 0 aliphatic heterocycles. The number of amides is 1. The maximum absolute atomic E-state index is 13.6. The van der Waals surface area contributed by atoms with Crippen LogP contribution in [0.15, 0.2) is 91.0 Å². The summed E-state index contributed by atoms with van der Waals surface area (Å²) in [4.78, 5) is 20.2. The average Bonchev–Trinajstić information content (AvgIpc) is 3.21. The molecule has 0 radical (unpaired) electrons. The highest BCUT2D eigenvalue weighted by Crippen LogP contribution is 2.31. The SMILES string of the molecule is Cc1ccc2nc(N(Cc3ccccc3)C(=O)Cc3cccc4ccccc34)sc2c1. The molecule has 4 aromatic carbocycles. The number of nitrogens with zero attached hydrogens (tertiary/aromatic N) is 2. The summed E-state index contributed by atoms with van der Waals surface area (Å²) in [6.07, 6.45) is 0.336. The van der Waals surface area contributed by atoms with Gasteiger partial charge >= 0.3 is 0 Å². The number of aromatic nitrogens is 1. The number of hydrogen-bond acceptors (Lipinski definition) is 3. The number of fused-ring (bicyclic) bond motifs is 2. The van der Waals surface area contributed by atoms with Crippen LogP contribution in [-0.4, -0.2) is 10.9 Å². The molecule has 0 saturated carbocycles. The molecule has 0 aliphatic carbocycles. The Morgan fingerprint density at radius 2 is 1.68 bits per heavy atom. The summed E-state index contributed by atoms with van der Waals surface area (Å²) in [5.74, 6) is 0.0518. The molecule has 5 rings (SSSR count). The molecule has 0 aliphatic rings. The van der Waals surface area contributed by atoms with Gasteiger partial charge in [0, 0.05) is 0 Å². The first-order valence-electron chi connectivity index (χ1n) is 10.4. The van der Waals surface area contributed by atoms with Gasteiger partial charge in [0.05, 0.1) is 23.2 Å². The first-order valence-corrected chi connectivity index (χ1v) is 11.2. The summed E-state index contributed by atoms with van der Waals surface area (Å²) < 4.78 is 1.10. The minimum absolute atomic E-state index is 0.0518. The predicted octanol–water partition coefficient (Wildman–Crippen LogP) is 6.53. The molecule has 3 nitrogen and oxygen atoms in total. The van der Waals surface area contributed by atoms with Crippen molar-refractivity contribution in [1.29, 1.82) is 0 Å². The van der Waals surface area contributed by atoms with Crippen molar-refractivity contribution in [1.82, 2.24) is 4.98 Å².